The number of carbonyl (C=O) groups excluding carboxylic acids is 1. The van der Waals surface area contributed by atoms with Crippen LogP contribution in [0.4, 0.5) is 68.5 Å². The molecule has 2 rings (SSSR count). The number of hydrogen-bond donors (Lipinski definition) is 1. The summed E-state index contributed by atoms with van der Waals surface area (Å²) in [7, 11) is 0. The number of halogens is 14. The maximum absolute atomic E-state index is 14.4. The average Bonchev–Trinajstić information content (AvgIpc) is 2.76. The van der Waals surface area contributed by atoms with Crippen molar-refractivity contribution in [3.05, 3.63) is 68.7 Å². The summed E-state index contributed by atoms with van der Waals surface area (Å²) in [4.78, 5) is 22.2. The number of benzene rings is 2. The van der Waals surface area contributed by atoms with Gasteiger partial charge in [-0.3, -0.25) is 14.9 Å². The summed E-state index contributed by atoms with van der Waals surface area (Å²) in [6, 6.07) is 3.56. The van der Waals surface area contributed by atoms with E-state index in [0.29, 0.717) is 12.1 Å². The van der Waals surface area contributed by atoms with Crippen LogP contribution in [0.5, 0.6) is 0 Å². The second kappa shape index (κ2) is 10.5. The van der Waals surface area contributed by atoms with Crippen LogP contribution in [0.25, 0.3) is 0 Å². The van der Waals surface area contributed by atoms with E-state index in [2.05, 4.69) is 0 Å². The predicted molar refractivity (Wildman–Crippen MR) is 104 cm³/mol. The van der Waals surface area contributed by atoms with E-state index in [1.165, 1.54) is 4.74 Å². The molecule has 222 valence electrons. The van der Waals surface area contributed by atoms with E-state index in [1.54, 1.807) is 5.32 Å². The van der Waals surface area contributed by atoms with Gasteiger partial charge in [-0.25, -0.2) is 9.47 Å². The minimum atomic E-state index is -7.58. The van der Waals surface area contributed by atoms with Crippen molar-refractivity contribution in [2.24, 2.45) is 0 Å². The molecule has 0 aliphatic carbocycles. The molecule has 0 radical (unpaired) electrons. The van der Waals surface area contributed by atoms with E-state index in [-0.39, 0.29) is 12.1 Å². The number of rotatable bonds is 10. The van der Waals surface area contributed by atoms with Gasteiger partial charge in [0.15, 0.2) is 0 Å². The summed E-state index contributed by atoms with van der Waals surface area (Å²) in [5.41, 5.74) is -4.22. The molecule has 0 spiro atoms. The number of alkyl halides is 13. The zero-order valence-corrected chi connectivity index (χ0v) is 19.1. The third kappa shape index (κ3) is 6.66. The van der Waals surface area contributed by atoms with E-state index in [1.807, 2.05) is 4.74 Å². The topological polar surface area (TPSA) is 90.7 Å². The minimum absolute atomic E-state index is 0.0465. The van der Waals surface area contributed by atoms with Gasteiger partial charge in [-0.05, 0) is 18.2 Å². The number of carbonyl (C=O) groups is 1. The Morgan fingerprint density at radius 3 is 1.88 bits per heavy atom. The minimum Gasteiger partial charge on any atom is -0.322 e. The van der Waals surface area contributed by atoms with Gasteiger partial charge in [0, 0.05) is 23.4 Å². The summed E-state index contributed by atoms with van der Waals surface area (Å²) >= 11 is 5.72. The van der Waals surface area contributed by atoms with Gasteiger partial charge in [0.25, 0.3) is 11.6 Å². The van der Waals surface area contributed by atoms with Crippen LogP contribution in [0.15, 0.2) is 42.5 Å². The molecular formula is C19H8ClF13N2O5. The molecule has 0 atom stereocenters. The third-order valence-electron chi connectivity index (χ3n) is 4.49. The Hall–Kier alpha value is -3.39. The van der Waals surface area contributed by atoms with Crippen LogP contribution in [0, 0.1) is 10.1 Å². The molecule has 0 heterocycles. The molecule has 40 heavy (non-hydrogen) atoms. The smallest absolute Gasteiger partial charge is 0.322 e. The van der Waals surface area contributed by atoms with Crippen molar-refractivity contribution in [1.82, 2.24) is 0 Å². The van der Waals surface area contributed by atoms with Crippen molar-refractivity contribution in [2.75, 3.05) is 5.32 Å². The van der Waals surface area contributed by atoms with E-state index < -0.39 is 74.9 Å². The van der Waals surface area contributed by atoms with Crippen LogP contribution in [0.1, 0.15) is 15.9 Å². The Morgan fingerprint density at radius 1 is 0.800 bits per heavy atom. The molecule has 2 aromatic carbocycles. The van der Waals surface area contributed by atoms with Crippen LogP contribution in [-0.4, -0.2) is 41.4 Å². The highest BCUT2D eigenvalue weighted by Gasteiger charge is 2.80. The molecule has 0 aromatic heterocycles. The molecule has 1 amide bonds. The van der Waals surface area contributed by atoms with E-state index in [4.69, 9.17) is 11.6 Å². The number of amides is 1. The highest BCUT2D eigenvalue weighted by Crippen LogP contribution is 2.54. The molecular weight excluding hydrogens is 619 g/mol. The number of nitrogens with zero attached hydrogens (tertiary/aromatic N) is 1. The number of nitro benzene ring substituents is 1. The van der Waals surface area contributed by atoms with Gasteiger partial charge in [0.2, 0.25) is 0 Å². The summed E-state index contributed by atoms with van der Waals surface area (Å²) in [5.74, 6) is -15.0. The second-order valence-corrected chi connectivity index (χ2v) is 7.71. The van der Waals surface area contributed by atoms with E-state index in [0.717, 1.165) is 18.2 Å². The molecule has 0 saturated heterocycles. The van der Waals surface area contributed by atoms with Gasteiger partial charge in [-0.1, -0.05) is 23.7 Å². The Bertz CT molecular complexity index is 1290. The number of nitro groups is 1. The molecule has 0 fully saturated rings. The summed E-state index contributed by atoms with van der Waals surface area (Å²) in [6.45, 7) is 0. The van der Waals surface area contributed by atoms with Crippen LogP contribution < -0.4 is 5.32 Å². The van der Waals surface area contributed by atoms with Gasteiger partial charge < -0.3 is 5.32 Å². The molecule has 7 nitrogen and oxygen atoms in total. The van der Waals surface area contributed by atoms with Crippen molar-refractivity contribution < 1.29 is 76.3 Å². The first-order valence-electron chi connectivity index (χ1n) is 9.56. The molecule has 0 bridgehead atoms. The highest BCUT2D eigenvalue weighted by molar-refractivity contribution is 6.34. The molecule has 0 saturated carbocycles. The molecule has 2 aromatic rings. The van der Waals surface area contributed by atoms with Crippen molar-refractivity contribution >= 4 is 28.9 Å². The monoisotopic (exact) mass is 626 g/mol. The van der Waals surface area contributed by atoms with E-state index >= 15 is 0 Å². The molecule has 0 aliphatic heterocycles. The lowest BCUT2D eigenvalue weighted by atomic mass is 10.1. The Kier molecular flexibility index (Phi) is 8.65. The fraction of sp³-hybridized carbons (Fsp3) is 0.316. The Balaban J connectivity index is 2.37. The zero-order chi connectivity index (χ0) is 31.1. The maximum Gasteiger partial charge on any atom is 0.527 e. The van der Waals surface area contributed by atoms with Gasteiger partial charge in [-0.2, -0.15) is 43.9 Å². The molecule has 0 aliphatic rings. The number of non-ortho nitro benzene ring substituents is 1. The lowest BCUT2D eigenvalue weighted by Crippen LogP contribution is -2.61. The fourth-order valence-corrected chi connectivity index (χ4v) is 2.83. The lowest BCUT2D eigenvalue weighted by Gasteiger charge is -2.35. The third-order valence-corrected chi connectivity index (χ3v) is 4.81. The standard InChI is InChI=1S/C19H8ClF13N2O5/c20-12-5-4-10(35(37)38)7-11(12)13(36)34-9-3-1-2-8(6-9)14(21,22)16(25,26)39-17(27,28)15(23,24)18(29,30)40-19(31,32)33/h1-7H,(H,34,36). The van der Waals surface area contributed by atoms with Crippen LogP contribution in [-0.2, 0) is 15.4 Å². The van der Waals surface area contributed by atoms with Gasteiger partial charge in [0.05, 0.1) is 15.5 Å². The van der Waals surface area contributed by atoms with Crippen LogP contribution >= 0.6 is 11.6 Å². The normalized spacial score (nSPS) is 13.8. The Labute approximate surface area is 216 Å². The fourth-order valence-electron chi connectivity index (χ4n) is 2.63. The lowest BCUT2D eigenvalue weighted by molar-refractivity contribution is -0.535. The van der Waals surface area contributed by atoms with Crippen molar-refractivity contribution in [3.63, 3.8) is 0 Å². The summed E-state index contributed by atoms with van der Waals surface area (Å²) in [6.07, 6.45) is -28.2. The van der Waals surface area contributed by atoms with Crippen molar-refractivity contribution in [1.29, 1.82) is 0 Å². The first-order chi connectivity index (χ1) is 17.8. The van der Waals surface area contributed by atoms with Gasteiger partial charge in [0.1, 0.15) is 0 Å². The predicted octanol–water partition coefficient (Wildman–Crippen LogP) is 7.56. The maximum atomic E-state index is 14.4. The van der Waals surface area contributed by atoms with Gasteiger partial charge in [-0.15, -0.1) is 13.2 Å². The number of anilines is 1. The van der Waals surface area contributed by atoms with E-state index in [9.17, 15) is 72.0 Å². The SMILES string of the molecule is O=C(Nc1cccc(C(F)(F)C(F)(F)OC(F)(F)C(F)(F)C(F)(F)OC(F)(F)F)c1)c1cc([N+](=O)[O-])ccc1Cl. The first-order valence-corrected chi connectivity index (χ1v) is 9.94. The highest BCUT2D eigenvalue weighted by atomic mass is 35.5. The molecule has 0 unspecified atom stereocenters. The number of ether oxygens (including phenoxy) is 2. The van der Waals surface area contributed by atoms with Gasteiger partial charge >= 0.3 is 36.5 Å². The number of hydrogen-bond acceptors (Lipinski definition) is 5. The van der Waals surface area contributed by atoms with Crippen LogP contribution in [0.2, 0.25) is 5.02 Å². The summed E-state index contributed by atoms with van der Waals surface area (Å²) in [5, 5.41) is 12.2. The molecule has 1 N–H and O–H groups in total. The average molecular weight is 627 g/mol. The van der Waals surface area contributed by atoms with Crippen molar-refractivity contribution in [2.45, 2.75) is 36.5 Å². The quantitative estimate of drug-likeness (QED) is 0.167. The van der Waals surface area contributed by atoms with Crippen molar-refractivity contribution in [3.8, 4) is 0 Å². The number of nitrogens with one attached hydrogen (secondary N) is 1. The second-order valence-electron chi connectivity index (χ2n) is 7.31. The first kappa shape index (κ1) is 32.8. The zero-order valence-electron chi connectivity index (χ0n) is 18.3. The summed E-state index contributed by atoms with van der Waals surface area (Å²) < 4.78 is 176. The largest absolute Gasteiger partial charge is 0.527 e. The Morgan fingerprint density at radius 2 is 1.35 bits per heavy atom. The van der Waals surface area contributed by atoms with Crippen LogP contribution in [0.3, 0.4) is 0 Å². The molecule has 21 heteroatoms.